The molecule has 0 aromatic carbocycles. The molecule has 2 rings (SSSR count). The Morgan fingerprint density at radius 1 is 1.38 bits per heavy atom. The quantitative estimate of drug-likeness (QED) is 0.849. The van der Waals surface area contributed by atoms with Gasteiger partial charge in [0.2, 0.25) is 0 Å². The number of anilines is 2. The average molecular weight is 224 g/mol. The Hall–Kier alpha value is -1.98. The molecule has 0 fully saturated rings. The molecule has 0 aliphatic rings. The molecule has 0 amide bonds. The summed E-state index contributed by atoms with van der Waals surface area (Å²) < 4.78 is 27.5. The zero-order valence-electron chi connectivity index (χ0n) is 8.83. The zero-order valence-corrected chi connectivity index (χ0v) is 8.83. The minimum absolute atomic E-state index is 0.0162. The Balaban J connectivity index is 2.30. The summed E-state index contributed by atoms with van der Waals surface area (Å²) in [6, 6.07) is 0.779. The summed E-state index contributed by atoms with van der Waals surface area (Å²) >= 11 is 0. The number of aromatic nitrogens is 3. The summed E-state index contributed by atoms with van der Waals surface area (Å²) in [6.45, 7) is 1.78. The monoisotopic (exact) mass is 224 g/mol. The molecule has 4 nitrogen and oxygen atoms in total. The Morgan fingerprint density at radius 3 is 2.69 bits per heavy atom. The maximum atomic E-state index is 13.3. The standard InChI is InChI=1S/C10H10F2N4/c1-6-9(5-16(2)15-6)14-10-8(12)3-7(11)4-13-10/h3-5H,1-2H3,(H,13,14). The molecule has 2 aromatic heterocycles. The molecule has 1 N–H and O–H groups in total. The van der Waals surface area contributed by atoms with Crippen molar-refractivity contribution < 1.29 is 8.78 Å². The van der Waals surface area contributed by atoms with Crippen molar-refractivity contribution in [2.45, 2.75) is 6.92 Å². The van der Waals surface area contributed by atoms with E-state index in [-0.39, 0.29) is 5.82 Å². The minimum atomic E-state index is -0.733. The van der Waals surface area contributed by atoms with E-state index in [0.717, 1.165) is 12.3 Å². The summed E-state index contributed by atoms with van der Waals surface area (Å²) in [4.78, 5) is 3.63. The molecule has 0 saturated heterocycles. The molecule has 2 heterocycles. The third-order valence-corrected chi connectivity index (χ3v) is 2.07. The number of halogens is 2. The zero-order chi connectivity index (χ0) is 11.7. The number of hydrogen-bond acceptors (Lipinski definition) is 3. The van der Waals surface area contributed by atoms with Crippen LogP contribution in [-0.2, 0) is 7.05 Å². The largest absolute Gasteiger partial charge is 0.335 e. The topological polar surface area (TPSA) is 42.7 Å². The lowest BCUT2D eigenvalue weighted by molar-refractivity contribution is 0.576. The summed E-state index contributed by atoms with van der Waals surface area (Å²) in [5.41, 5.74) is 1.36. The fraction of sp³-hybridized carbons (Fsp3) is 0.200. The van der Waals surface area contributed by atoms with Crippen molar-refractivity contribution in [3.8, 4) is 0 Å². The molecule has 0 bridgehead atoms. The van der Waals surface area contributed by atoms with Gasteiger partial charge < -0.3 is 5.32 Å². The van der Waals surface area contributed by atoms with E-state index in [1.54, 1.807) is 24.9 Å². The summed E-state index contributed by atoms with van der Waals surface area (Å²) in [5, 5.41) is 6.84. The molecule has 0 atom stereocenters. The van der Waals surface area contributed by atoms with E-state index >= 15 is 0 Å². The highest BCUT2D eigenvalue weighted by atomic mass is 19.1. The van der Waals surface area contributed by atoms with E-state index in [4.69, 9.17) is 0 Å². The van der Waals surface area contributed by atoms with Crippen molar-refractivity contribution in [2.24, 2.45) is 7.05 Å². The normalized spacial score (nSPS) is 10.5. The molecule has 0 aliphatic carbocycles. The fourth-order valence-electron chi connectivity index (χ4n) is 1.36. The smallest absolute Gasteiger partial charge is 0.168 e. The Bertz CT molecular complexity index is 522. The lowest BCUT2D eigenvalue weighted by Crippen LogP contribution is -1.98. The Morgan fingerprint density at radius 2 is 2.12 bits per heavy atom. The second-order valence-corrected chi connectivity index (χ2v) is 3.41. The molecule has 2 aromatic rings. The Labute approximate surface area is 90.9 Å². The molecule has 0 spiro atoms. The third kappa shape index (κ3) is 2.00. The predicted molar refractivity (Wildman–Crippen MR) is 55.4 cm³/mol. The lowest BCUT2D eigenvalue weighted by atomic mass is 10.3. The molecule has 0 radical (unpaired) electrons. The number of hydrogen-bond donors (Lipinski definition) is 1. The van der Waals surface area contributed by atoms with Crippen molar-refractivity contribution in [1.82, 2.24) is 14.8 Å². The van der Waals surface area contributed by atoms with Crippen LogP contribution in [0.5, 0.6) is 0 Å². The second-order valence-electron chi connectivity index (χ2n) is 3.41. The van der Waals surface area contributed by atoms with Crippen molar-refractivity contribution in [2.75, 3.05) is 5.32 Å². The highest BCUT2D eigenvalue weighted by Gasteiger charge is 2.08. The van der Waals surface area contributed by atoms with Crippen LogP contribution in [0, 0.1) is 18.6 Å². The molecule has 6 heteroatoms. The maximum absolute atomic E-state index is 13.3. The highest BCUT2D eigenvalue weighted by molar-refractivity contribution is 5.57. The van der Waals surface area contributed by atoms with E-state index in [0.29, 0.717) is 11.4 Å². The molecular formula is C10H10F2N4. The van der Waals surface area contributed by atoms with Crippen molar-refractivity contribution in [1.29, 1.82) is 0 Å². The van der Waals surface area contributed by atoms with Gasteiger partial charge in [-0.3, -0.25) is 4.68 Å². The van der Waals surface area contributed by atoms with Crippen LogP contribution in [0.4, 0.5) is 20.3 Å². The first kappa shape index (κ1) is 10.5. The van der Waals surface area contributed by atoms with Crippen molar-refractivity contribution in [3.05, 3.63) is 35.8 Å². The third-order valence-electron chi connectivity index (χ3n) is 2.07. The van der Waals surface area contributed by atoms with Gasteiger partial charge in [0.25, 0.3) is 0 Å². The van der Waals surface area contributed by atoms with E-state index in [1.165, 1.54) is 0 Å². The fourth-order valence-corrected chi connectivity index (χ4v) is 1.36. The van der Waals surface area contributed by atoms with Crippen LogP contribution < -0.4 is 5.32 Å². The lowest BCUT2D eigenvalue weighted by Gasteiger charge is -2.04. The van der Waals surface area contributed by atoms with Gasteiger partial charge in [-0.1, -0.05) is 0 Å². The summed E-state index contributed by atoms with van der Waals surface area (Å²) in [5.74, 6) is -1.45. The van der Waals surface area contributed by atoms with Crippen LogP contribution in [0.3, 0.4) is 0 Å². The highest BCUT2D eigenvalue weighted by Crippen LogP contribution is 2.19. The van der Waals surface area contributed by atoms with Gasteiger partial charge in [0.15, 0.2) is 11.6 Å². The molecule has 16 heavy (non-hydrogen) atoms. The van der Waals surface area contributed by atoms with E-state index < -0.39 is 11.6 Å². The van der Waals surface area contributed by atoms with Gasteiger partial charge in [0.05, 0.1) is 17.6 Å². The number of pyridine rings is 1. The number of nitrogens with zero attached hydrogens (tertiary/aromatic N) is 3. The van der Waals surface area contributed by atoms with Crippen LogP contribution in [-0.4, -0.2) is 14.8 Å². The molecule has 0 unspecified atom stereocenters. The van der Waals surface area contributed by atoms with Gasteiger partial charge >= 0.3 is 0 Å². The van der Waals surface area contributed by atoms with Crippen molar-refractivity contribution >= 4 is 11.5 Å². The second kappa shape index (κ2) is 3.88. The van der Waals surface area contributed by atoms with Crippen LogP contribution in [0.15, 0.2) is 18.5 Å². The van der Waals surface area contributed by atoms with Gasteiger partial charge in [-0.25, -0.2) is 13.8 Å². The Kier molecular flexibility index (Phi) is 2.55. The van der Waals surface area contributed by atoms with Crippen LogP contribution in [0.2, 0.25) is 0 Å². The van der Waals surface area contributed by atoms with Gasteiger partial charge in [0, 0.05) is 19.3 Å². The van der Waals surface area contributed by atoms with E-state index in [1.807, 2.05) is 0 Å². The SMILES string of the molecule is Cc1nn(C)cc1Nc1ncc(F)cc1F. The first-order chi connectivity index (χ1) is 7.56. The average Bonchev–Trinajstić information content (AvgIpc) is 2.50. The summed E-state index contributed by atoms with van der Waals surface area (Å²) in [7, 11) is 1.76. The molecular weight excluding hydrogens is 214 g/mol. The van der Waals surface area contributed by atoms with E-state index in [2.05, 4.69) is 15.4 Å². The van der Waals surface area contributed by atoms with E-state index in [9.17, 15) is 8.78 Å². The maximum Gasteiger partial charge on any atom is 0.168 e. The van der Waals surface area contributed by atoms with Gasteiger partial charge in [-0.15, -0.1) is 0 Å². The van der Waals surface area contributed by atoms with Gasteiger partial charge in [-0.05, 0) is 6.92 Å². The molecule has 0 aliphatic heterocycles. The number of nitrogens with one attached hydrogen (secondary N) is 1. The van der Waals surface area contributed by atoms with Gasteiger partial charge in [-0.2, -0.15) is 5.10 Å². The molecule has 84 valence electrons. The van der Waals surface area contributed by atoms with Crippen LogP contribution in [0.25, 0.3) is 0 Å². The number of aryl methyl sites for hydroxylation is 2. The van der Waals surface area contributed by atoms with Crippen LogP contribution >= 0.6 is 0 Å². The van der Waals surface area contributed by atoms with Gasteiger partial charge in [0.1, 0.15) is 5.82 Å². The summed E-state index contributed by atoms with van der Waals surface area (Å²) in [6.07, 6.45) is 2.65. The molecule has 0 saturated carbocycles. The first-order valence-electron chi connectivity index (χ1n) is 4.64. The minimum Gasteiger partial charge on any atom is -0.335 e. The number of rotatable bonds is 2. The predicted octanol–water partition coefficient (Wildman–Crippen LogP) is 2.15. The van der Waals surface area contributed by atoms with Crippen LogP contribution in [0.1, 0.15) is 5.69 Å². The van der Waals surface area contributed by atoms with Crippen molar-refractivity contribution in [3.63, 3.8) is 0 Å². The first-order valence-corrected chi connectivity index (χ1v) is 4.64.